The third-order valence-electron chi connectivity index (χ3n) is 7.34. The first-order valence-corrected chi connectivity index (χ1v) is 13.3. The lowest BCUT2D eigenvalue weighted by Crippen LogP contribution is -2.41. The van der Waals surface area contributed by atoms with Crippen LogP contribution in [-0.4, -0.2) is 33.0 Å². The van der Waals surface area contributed by atoms with E-state index < -0.39 is 17.1 Å². The van der Waals surface area contributed by atoms with E-state index in [-0.39, 0.29) is 30.4 Å². The fourth-order valence-electron chi connectivity index (χ4n) is 5.75. The molecule has 9 heteroatoms. The molecule has 0 bridgehead atoms. The van der Waals surface area contributed by atoms with E-state index in [4.69, 9.17) is 15.2 Å². The number of allylic oxidation sites excluding steroid dienone is 1. The van der Waals surface area contributed by atoms with Crippen molar-refractivity contribution in [2.45, 2.75) is 84.5 Å². The molecule has 0 saturated heterocycles. The Hall–Kier alpha value is -3.95. The molecule has 1 unspecified atom stereocenters. The number of aromatic nitrogens is 2. The van der Waals surface area contributed by atoms with Crippen molar-refractivity contribution >= 4 is 6.09 Å². The van der Waals surface area contributed by atoms with Gasteiger partial charge in [0.2, 0.25) is 11.8 Å². The second kappa shape index (κ2) is 10.7. The Labute approximate surface area is 229 Å². The van der Waals surface area contributed by atoms with Crippen LogP contribution in [0.5, 0.6) is 5.88 Å². The maximum Gasteiger partial charge on any atom is 0.407 e. The van der Waals surface area contributed by atoms with Crippen LogP contribution in [0.4, 0.5) is 4.79 Å². The van der Waals surface area contributed by atoms with Gasteiger partial charge in [-0.15, -0.1) is 5.10 Å². The number of nitrogens with one attached hydrogen (secondary N) is 2. The summed E-state index contributed by atoms with van der Waals surface area (Å²) >= 11 is 0. The number of aliphatic hydroxyl groups is 1. The molecule has 4 rings (SSSR count). The number of carbonyl (C=O) groups excluding carboxylic acids is 1. The Bertz CT molecular complexity index is 1400. The molecule has 1 aromatic carbocycles. The van der Waals surface area contributed by atoms with Crippen molar-refractivity contribution in [3.8, 4) is 23.8 Å². The number of hydrogen-bond donors (Lipinski definition) is 4. The third kappa shape index (κ3) is 5.46. The zero-order valence-corrected chi connectivity index (χ0v) is 23.4. The first-order valence-electron chi connectivity index (χ1n) is 13.3. The predicted octanol–water partition coefficient (Wildman–Crippen LogP) is 4.28. The van der Waals surface area contributed by atoms with Gasteiger partial charge in [0.1, 0.15) is 17.2 Å². The van der Waals surface area contributed by atoms with Gasteiger partial charge in [-0.1, -0.05) is 31.8 Å². The Kier molecular flexibility index (Phi) is 7.68. The molecule has 1 fully saturated rings. The molecule has 1 aromatic heterocycles. The number of aliphatic hydroxyl groups excluding tert-OH is 1. The molecule has 1 saturated carbocycles. The highest BCUT2D eigenvalue weighted by atomic mass is 16.6. The van der Waals surface area contributed by atoms with Crippen molar-refractivity contribution in [3.63, 3.8) is 0 Å². The number of rotatable bonds is 4. The lowest BCUT2D eigenvalue weighted by Gasteiger charge is -2.41. The number of aromatic amines is 1. The molecular formula is C30H37N5O4. The molecule has 2 aliphatic rings. The Balaban J connectivity index is 1.69. The van der Waals surface area contributed by atoms with Crippen LogP contribution in [0.3, 0.4) is 0 Å². The normalized spacial score (nSPS) is 22.4. The number of fused-ring (bicyclic) bond motifs is 1. The van der Waals surface area contributed by atoms with Gasteiger partial charge in [0.15, 0.2) is 0 Å². The second-order valence-electron chi connectivity index (χ2n) is 11.6. The first-order chi connectivity index (χ1) is 18.4. The number of nitrogens with two attached hydrogens (primary N) is 1. The summed E-state index contributed by atoms with van der Waals surface area (Å²) in [6.07, 6.45) is 2.02. The topological polar surface area (TPSA) is 146 Å². The van der Waals surface area contributed by atoms with Crippen LogP contribution in [0.1, 0.15) is 81.8 Å². The lowest BCUT2D eigenvalue weighted by molar-refractivity contribution is 0.0505. The molecule has 9 nitrogen and oxygen atoms in total. The van der Waals surface area contributed by atoms with E-state index in [9.17, 15) is 15.2 Å². The maximum absolute atomic E-state index is 12.2. The average molecular weight is 532 g/mol. The number of amides is 1. The molecule has 1 aliphatic carbocycles. The minimum Gasteiger partial charge on any atom is -0.444 e. The van der Waals surface area contributed by atoms with E-state index in [1.807, 2.05) is 59.7 Å². The average Bonchev–Trinajstić information content (AvgIpc) is 3.46. The van der Waals surface area contributed by atoms with Gasteiger partial charge in [0.05, 0.1) is 17.6 Å². The van der Waals surface area contributed by atoms with Crippen molar-refractivity contribution in [3.05, 3.63) is 57.6 Å². The van der Waals surface area contributed by atoms with Gasteiger partial charge in [-0.05, 0) is 76.1 Å². The maximum atomic E-state index is 12.2. The molecule has 2 heterocycles. The molecule has 5 N–H and O–H groups in total. The zero-order valence-electron chi connectivity index (χ0n) is 23.4. The highest BCUT2D eigenvalue weighted by Crippen LogP contribution is 2.52. The molecule has 206 valence electrons. The first kappa shape index (κ1) is 28.1. The fourth-order valence-corrected chi connectivity index (χ4v) is 5.75. The summed E-state index contributed by atoms with van der Waals surface area (Å²) in [4.78, 5) is 12.2. The Morgan fingerprint density at radius 1 is 1.36 bits per heavy atom. The van der Waals surface area contributed by atoms with Crippen molar-refractivity contribution in [2.75, 3.05) is 0 Å². The van der Waals surface area contributed by atoms with E-state index in [1.165, 1.54) is 0 Å². The van der Waals surface area contributed by atoms with Gasteiger partial charge in [-0.25, -0.2) is 4.79 Å². The van der Waals surface area contributed by atoms with E-state index in [0.717, 1.165) is 41.6 Å². The van der Waals surface area contributed by atoms with Gasteiger partial charge in [-0.2, -0.15) is 5.26 Å². The number of nitriles is 1. The van der Waals surface area contributed by atoms with Crippen molar-refractivity contribution < 1.29 is 19.4 Å². The van der Waals surface area contributed by atoms with Crippen molar-refractivity contribution in [1.29, 1.82) is 5.26 Å². The van der Waals surface area contributed by atoms with Crippen LogP contribution >= 0.6 is 0 Å². The van der Waals surface area contributed by atoms with Gasteiger partial charge in [-0.3, -0.25) is 5.10 Å². The summed E-state index contributed by atoms with van der Waals surface area (Å²) in [6, 6.07) is 8.02. The number of alkyl carbamates (subject to hydrolysis) is 1. The smallest absolute Gasteiger partial charge is 0.407 e. The number of hydrogen-bond acceptors (Lipinski definition) is 7. The number of H-pyrrole nitrogens is 1. The van der Waals surface area contributed by atoms with Crippen LogP contribution in [0.25, 0.3) is 0 Å². The molecule has 3 atom stereocenters. The highest BCUT2D eigenvalue weighted by molar-refractivity contribution is 5.68. The number of nitrogens with zero attached hydrogens (tertiary/aromatic N) is 2. The van der Waals surface area contributed by atoms with Gasteiger partial charge >= 0.3 is 6.09 Å². The van der Waals surface area contributed by atoms with E-state index in [0.29, 0.717) is 17.0 Å². The molecule has 2 aromatic rings. The minimum absolute atomic E-state index is 0.0127. The fraction of sp³-hybridized carbons (Fsp3) is 0.500. The van der Waals surface area contributed by atoms with Crippen molar-refractivity contribution in [1.82, 2.24) is 15.5 Å². The lowest BCUT2D eigenvalue weighted by atomic mass is 9.61. The highest BCUT2D eigenvalue weighted by Gasteiger charge is 2.50. The van der Waals surface area contributed by atoms with Crippen LogP contribution in [0.15, 0.2) is 29.7 Å². The monoisotopic (exact) mass is 531 g/mol. The Morgan fingerprint density at radius 3 is 2.74 bits per heavy atom. The van der Waals surface area contributed by atoms with E-state index in [1.54, 1.807) is 0 Å². The number of ether oxygens (including phenoxy) is 2. The van der Waals surface area contributed by atoms with Gasteiger partial charge < -0.3 is 25.6 Å². The van der Waals surface area contributed by atoms with Crippen LogP contribution in [0, 0.1) is 41.9 Å². The largest absolute Gasteiger partial charge is 0.444 e. The number of benzene rings is 1. The van der Waals surface area contributed by atoms with Crippen LogP contribution < -0.4 is 15.8 Å². The molecule has 1 amide bonds. The van der Waals surface area contributed by atoms with Crippen LogP contribution in [-0.2, 0) is 16.8 Å². The SMILES string of the molecule is Cc1[nH]nc2c1C(c1cc(C#C[C@H]3CC[C@@H](NC(=O)OC(C)(C)C)C3)cc(CO)c1)(C(C)C)C(C#N)=C(N)O2. The third-order valence-corrected chi connectivity index (χ3v) is 7.34. The minimum atomic E-state index is -0.944. The number of aryl methyl sites for hydroxylation is 1. The van der Waals surface area contributed by atoms with E-state index >= 15 is 0 Å². The van der Waals surface area contributed by atoms with Gasteiger partial charge in [0, 0.05) is 23.2 Å². The summed E-state index contributed by atoms with van der Waals surface area (Å²) in [7, 11) is 0. The zero-order chi connectivity index (χ0) is 28.5. The summed E-state index contributed by atoms with van der Waals surface area (Å²) in [5, 5.41) is 30.6. The van der Waals surface area contributed by atoms with Crippen molar-refractivity contribution in [2.24, 2.45) is 17.6 Å². The summed E-state index contributed by atoms with van der Waals surface area (Å²) < 4.78 is 11.1. The molecular weight excluding hydrogens is 494 g/mol. The Morgan fingerprint density at radius 2 is 2.10 bits per heavy atom. The second-order valence-corrected chi connectivity index (χ2v) is 11.6. The summed E-state index contributed by atoms with van der Waals surface area (Å²) in [5.74, 6) is 7.03. The summed E-state index contributed by atoms with van der Waals surface area (Å²) in [6.45, 7) is 11.3. The molecule has 1 aliphatic heterocycles. The predicted molar refractivity (Wildman–Crippen MR) is 146 cm³/mol. The van der Waals surface area contributed by atoms with Gasteiger partial charge in [0.25, 0.3) is 0 Å². The quantitative estimate of drug-likeness (QED) is 0.431. The standard InChI is InChI=1S/C30H37N5O4/c1-17(2)30(24(15-31)26(32)38-27-25(30)18(3)34-35-27)22-12-20(11-21(13-22)16-36)8-7-19-9-10-23(14-19)33-28(37)39-29(4,5)6/h11-13,17,19,23,36H,9-10,14,16,32H2,1-6H3,(H,33,37)(H,34,35)/t19-,23+,30?/m0/s1. The number of carbonyl (C=O) groups is 1. The molecule has 0 radical (unpaired) electrons. The molecule has 39 heavy (non-hydrogen) atoms. The molecule has 0 spiro atoms. The summed E-state index contributed by atoms with van der Waals surface area (Å²) in [5.41, 5.74) is 8.80. The van der Waals surface area contributed by atoms with E-state index in [2.05, 4.69) is 33.4 Å². The van der Waals surface area contributed by atoms with Crippen LogP contribution in [0.2, 0.25) is 0 Å².